The van der Waals surface area contributed by atoms with Crippen LogP contribution in [-0.2, 0) is 4.79 Å². The van der Waals surface area contributed by atoms with Gasteiger partial charge in [-0.3, -0.25) is 9.59 Å². The highest BCUT2D eigenvalue weighted by molar-refractivity contribution is 6.01. The highest BCUT2D eigenvalue weighted by atomic mass is 16.4. The van der Waals surface area contributed by atoms with E-state index in [1.807, 2.05) is 23.1 Å². The fraction of sp³-hybridized carbons (Fsp3) is 0.556. The van der Waals surface area contributed by atoms with E-state index in [4.69, 9.17) is 0 Å². The lowest BCUT2D eigenvalue weighted by Gasteiger charge is -2.49. The number of aliphatic carboxylic acids is 1. The second kappa shape index (κ2) is 5.41. The maximum Gasteiger partial charge on any atom is 0.313 e. The van der Waals surface area contributed by atoms with Gasteiger partial charge in [-0.2, -0.15) is 0 Å². The van der Waals surface area contributed by atoms with Crippen LogP contribution in [0.25, 0.3) is 0 Å². The number of hydrogen-bond acceptors (Lipinski definition) is 2. The Morgan fingerprint density at radius 2 is 1.95 bits per heavy atom. The molecule has 1 N–H and O–H groups in total. The van der Waals surface area contributed by atoms with Gasteiger partial charge in [-0.1, -0.05) is 44.9 Å². The van der Waals surface area contributed by atoms with Gasteiger partial charge in [-0.05, 0) is 30.4 Å². The summed E-state index contributed by atoms with van der Waals surface area (Å²) in [7, 11) is 0. The first kappa shape index (κ1) is 15.1. The summed E-state index contributed by atoms with van der Waals surface area (Å²) in [5.41, 5.74) is 0.719. The molecule has 1 spiro atoms. The van der Waals surface area contributed by atoms with E-state index in [9.17, 15) is 14.7 Å². The maximum absolute atomic E-state index is 13.0. The minimum absolute atomic E-state index is 0.00343. The number of rotatable bonds is 3. The standard InChI is InChI=1S/C18H23NO3/c1-12(2)11-19-16(20)14-8-4-3-7-13(14)15(17(21)22)18(19)9-5-6-10-18/h3-4,7-8,12,15H,5-6,9-11H2,1-2H3,(H,21,22)/t15-/m0/s1. The van der Waals surface area contributed by atoms with Crippen LogP contribution in [0.2, 0.25) is 0 Å². The first-order valence-electron chi connectivity index (χ1n) is 8.11. The molecular formula is C18H23NO3. The molecule has 0 radical (unpaired) electrons. The molecule has 3 rings (SSSR count). The molecule has 1 saturated carbocycles. The number of fused-ring (bicyclic) bond motifs is 1. The van der Waals surface area contributed by atoms with E-state index in [-0.39, 0.29) is 5.91 Å². The second-order valence-corrected chi connectivity index (χ2v) is 6.98. The van der Waals surface area contributed by atoms with Crippen molar-refractivity contribution >= 4 is 11.9 Å². The fourth-order valence-electron chi connectivity index (χ4n) is 4.27. The molecule has 1 aliphatic heterocycles. The molecule has 0 saturated heterocycles. The largest absolute Gasteiger partial charge is 0.481 e. The Labute approximate surface area is 131 Å². The van der Waals surface area contributed by atoms with Crippen LogP contribution in [0.1, 0.15) is 61.4 Å². The van der Waals surface area contributed by atoms with Crippen LogP contribution in [0.3, 0.4) is 0 Å². The average molecular weight is 301 g/mol. The van der Waals surface area contributed by atoms with Crippen molar-refractivity contribution in [1.82, 2.24) is 4.90 Å². The normalized spacial score (nSPS) is 23.1. The van der Waals surface area contributed by atoms with E-state index in [1.165, 1.54) is 0 Å². The van der Waals surface area contributed by atoms with Crippen molar-refractivity contribution in [2.45, 2.75) is 51.0 Å². The van der Waals surface area contributed by atoms with Crippen molar-refractivity contribution in [1.29, 1.82) is 0 Å². The molecule has 2 aliphatic rings. The van der Waals surface area contributed by atoms with Crippen LogP contribution in [0.5, 0.6) is 0 Å². The quantitative estimate of drug-likeness (QED) is 0.932. The SMILES string of the molecule is CC(C)CN1C(=O)c2ccccc2[C@@H](C(=O)O)C12CCCC2. The lowest BCUT2D eigenvalue weighted by atomic mass is 9.71. The molecule has 1 aliphatic carbocycles. The molecule has 22 heavy (non-hydrogen) atoms. The Hall–Kier alpha value is -1.84. The molecule has 1 heterocycles. The molecule has 4 nitrogen and oxygen atoms in total. The maximum atomic E-state index is 13.0. The molecule has 1 aromatic carbocycles. The molecule has 1 fully saturated rings. The zero-order chi connectivity index (χ0) is 15.9. The van der Waals surface area contributed by atoms with E-state index < -0.39 is 17.4 Å². The summed E-state index contributed by atoms with van der Waals surface area (Å²) in [5, 5.41) is 9.91. The predicted molar refractivity (Wildman–Crippen MR) is 83.9 cm³/mol. The summed E-state index contributed by atoms with van der Waals surface area (Å²) in [6.07, 6.45) is 3.56. The number of benzene rings is 1. The van der Waals surface area contributed by atoms with Crippen LogP contribution < -0.4 is 0 Å². The van der Waals surface area contributed by atoms with E-state index >= 15 is 0 Å². The Morgan fingerprint density at radius 1 is 1.32 bits per heavy atom. The fourth-order valence-corrected chi connectivity index (χ4v) is 4.27. The van der Waals surface area contributed by atoms with E-state index in [0.29, 0.717) is 23.6 Å². The van der Waals surface area contributed by atoms with Crippen molar-refractivity contribution in [3.05, 3.63) is 35.4 Å². The summed E-state index contributed by atoms with van der Waals surface area (Å²) in [4.78, 5) is 27.0. The zero-order valence-electron chi connectivity index (χ0n) is 13.2. The Balaban J connectivity index is 2.19. The minimum Gasteiger partial charge on any atom is -0.481 e. The Kier molecular flexibility index (Phi) is 3.71. The molecule has 118 valence electrons. The van der Waals surface area contributed by atoms with E-state index in [1.54, 1.807) is 6.07 Å². The van der Waals surface area contributed by atoms with Gasteiger partial charge in [0.05, 0.1) is 5.54 Å². The Morgan fingerprint density at radius 3 is 2.55 bits per heavy atom. The van der Waals surface area contributed by atoms with Crippen molar-refractivity contribution in [2.75, 3.05) is 6.54 Å². The van der Waals surface area contributed by atoms with Gasteiger partial charge in [-0.25, -0.2) is 0 Å². The highest BCUT2D eigenvalue weighted by Crippen LogP contribution is 2.50. The van der Waals surface area contributed by atoms with Crippen LogP contribution >= 0.6 is 0 Å². The van der Waals surface area contributed by atoms with Gasteiger partial charge in [0.25, 0.3) is 5.91 Å². The summed E-state index contributed by atoms with van der Waals surface area (Å²) in [6, 6.07) is 7.24. The second-order valence-electron chi connectivity index (χ2n) is 6.98. The van der Waals surface area contributed by atoms with Crippen LogP contribution in [0.4, 0.5) is 0 Å². The van der Waals surface area contributed by atoms with E-state index in [0.717, 1.165) is 25.7 Å². The summed E-state index contributed by atoms with van der Waals surface area (Å²) in [5.74, 6) is -1.09. The molecule has 0 unspecified atom stereocenters. The number of carboxylic acids is 1. The third kappa shape index (κ3) is 2.13. The van der Waals surface area contributed by atoms with Gasteiger partial charge in [0.2, 0.25) is 0 Å². The highest BCUT2D eigenvalue weighted by Gasteiger charge is 2.55. The lowest BCUT2D eigenvalue weighted by Crippen LogP contribution is -2.60. The van der Waals surface area contributed by atoms with Crippen molar-refractivity contribution in [3.63, 3.8) is 0 Å². The van der Waals surface area contributed by atoms with Gasteiger partial charge in [0.15, 0.2) is 0 Å². The number of carbonyl (C=O) groups excluding carboxylic acids is 1. The molecule has 1 aromatic rings. The van der Waals surface area contributed by atoms with Crippen LogP contribution in [0.15, 0.2) is 24.3 Å². The molecule has 1 atom stereocenters. The monoisotopic (exact) mass is 301 g/mol. The third-order valence-electron chi connectivity index (χ3n) is 5.09. The summed E-state index contributed by atoms with van der Waals surface area (Å²) >= 11 is 0. The number of nitrogens with zero attached hydrogens (tertiary/aromatic N) is 1. The number of carbonyl (C=O) groups is 2. The molecule has 0 aromatic heterocycles. The number of carboxylic acid groups (broad SMARTS) is 1. The topological polar surface area (TPSA) is 57.6 Å². The van der Waals surface area contributed by atoms with Gasteiger partial charge in [-0.15, -0.1) is 0 Å². The predicted octanol–water partition coefficient (Wildman–Crippen LogP) is 3.28. The van der Waals surface area contributed by atoms with Gasteiger partial charge in [0.1, 0.15) is 5.92 Å². The third-order valence-corrected chi connectivity index (χ3v) is 5.09. The number of amides is 1. The zero-order valence-corrected chi connectivity index (χ0v) is 13.2. The average Bonchev–Trinajstić information content (AvgIpc) is 2.93. The lowest BCUT2D eigenvalue weighted by molar-refractivity contribution is -0.143. The number of hydrogen-bond donors (Lipinski definition) is 1. The van der Waals surface area contributed by atoms with Crippen molar-refractivity contribution < 1.29 is 14.7 Å². The molecule has 1 amide bonds. The van der Waals surface area contributed by atoms with Gasteiger partial charge in [0, 0.05) is 12.1 Å². The molecule has 0 bridgehead atoms. The van der Waals surface area contributed by atoms with Gasteiger partial charge < -0.3 is 10.0 Å². The van der Waals surface area contributed by atoms with Crippen molar-refractivity contribution in [3.8, 4) is 0 Å². The van der Waals surface area contributed by atoms with Crippen LogP contribution in [-0.4, -0.2) is 34.0 Å². The Bertz CT molecular complexity index is 602. The smallest absolute Gasteiger partial charge is 0.313 e. The summed E-state index contributed by atoms with van der Waals surface area (Å²) in [6.45, 7) is 4.77. The minimum atomic E-state index is -0.810. The van der Waals surface area contributed by atoms with Crippen LogP contribution in [0, 0.1) is 5.92 Å². The first-order chi connectivity index (χ1) is 10.5. The first-order valence-corrected chi connectivity index (χ1v) is 8.11. The van der Waals surface area contributed by atoms with Gasteiger partial charge >= 0.3 is 5.97 Å². The summed E-state index contributed by atoms with van der Waals surface area (Å²) < 4.78 is 0. The van der Waals surface area contributed by atoms with Crippen molar-refractivity contribution in [2.24, 2.45) is 5.92 Å². The van der Waals surface area contributed by atoms with E-state index in [2.05, 4.69) is 13.8 Å². The molecule has 4 heteroatoms. The molecular weight excluding hydrogens is 278 g/mol.